The minimum absolute atomic E-state index is 0.147. The van der Waals surface area contributed by atoms with E-state index in [1.54, 1.807) is 6.92 Å². The molecule has 0 aliphatic rings. The van der Waals surface area contributed by atoms with Gasteiger partial charge in [0.05, 0.1) is 6.07 Å². The number of nitrogens with zero attached hydrogens (tertiary/aromatic N) is 1. The number of hydrogen-bond acceptors (Lipinski definition) is 1. The first-order valence-corrected chi connectivity index (χ1v) is 4.57. The van der Waals surface area contributed by atoms with Crippen LogP contribution in [0.15, 0.2) is 12.1 Å². The molecule has 0 saturated heterocycles. The maximum Gasteiger partial charge on any atom is 0.132 e. The number of rotatable bonds is 3. The molecule has 1 unspecified atom stereocenters. The van der Waals surface area contributed by atoms with E-state index in [9.17, 15) is 13.2 Å². The summed E-state index contributed by atoms with van der Waals surface area (Å²) in [6.45, 7) is 1.61. The van der Waals surface area contributed by atoms with Gasteiger partial charge >= 0.3 is 0 Å². The number of nitriles is 1. The summed E-state index contributed by atoms with van der Waals surface area (Å²) in [5, 5.41) is 8.35. The summed E-state index contributed by atoms with van der Waals surface area (Å²) in [5.74, 6) is -3.14. The molecule has 0 fully saturated rings. The van der Waals surface area contributed by atoms with Crippen LogP contribution in [-0.2, 0) is 0 Å². The van der Waals surface area contributed by atoms with Crippen LogP contribution >= 0.6 is 0 Å². The fourth-order valence-electron chi connectivity index (χ4n) is 1.45. The zero-order valence-electron chi connectivity index (χ0n) is 8.23. The molecule has 0 heterocycles. The predicted octanol–water partition coefficient (Wildman–Crippen LogP) is 3.51. The molecule has 0 saturated carbocycles. The summed E-state index contributed by atoms with van der Waals surface area (Å²) in [6, 6.07) is 3.21. The summed E-state index contributed by atoms with van der Waals surface area (Å²) >= 11 is 0. The van der Waals surface area contributed by atoms with Crippen LogP contribution in [0, 0.1) is 28.8 Å². The van der Waals surface area contributed by atoms with Gasteiger partial charge in [-0.15, -0.1) is 0 Å². The molecule has 15 heavy (non-hydrogen) atoms. The van der Waals surface area contributed by atoms with Crippen LogP contribution in [0.25, 0.3) is 0 Å². The predicted molar refractivity (Wildman–Crippen MR) is 49.6 cm³/mol. The standard InChI is InChI=1S/C11H10F3N/c1-7(3-2-4-15)11-9(13)5-8(12)6-10(11)14/h5-7H,2-3H2,1H3. The van der Waals surface area contributed by atoms with Gasteiger partial charge in [0, 0.05) is 24.1 Å². The second-order valence-corrected chi connectivity index (χ2v) is 3.38. The van der Waals surface area contributed by atoms with Crippen molar-refractivity contribution in [1.82, 2.24) is 0 Å². The van der Waals surface area contributed by atoms with Crippen molar-refractivity contribution in [2.45, 2.75) is 25.7 Å². The lowest BCUT2D eigenvalue weighted by atomic mass is 9.95. The largest absolute Gasteiger partial charge is 0.207 e. The third-order valence-corrected chi connectivity index (χ3v) is 2.23. The van der Waals surface area contributed by atoms with Crippen LogP contribution in [-0.4, -0.2) is 0 Å². The molecule has 1 rings (SSSR count). The van der Waals surface area contributed by atoms with Gasteiger partial charge in [-0.1, -0.05) is 6.92 Å². The molecule has 1 aromatic carbocycles. The molecule has 0 bridgehead atoms. The SMILES string of the molecule is CC(CCC#N)c1c(F)cc(F)cc1F. The third-order valence-electron chi connectivity index (χ3n) is 2.23. The maximum absolute atomic E-state index is 13.2. The van der Waals surface area contributed by atoms with Crippen molar-refractivity contribution in [2.24, 2.45) is 0 Å². The molecule has 0 amide bonds. The number of benzene rings is 1. The van der Waals surface area contributed by atoms with Crippen molar-refractivity contribution in [2.75, 3.05) is 0 Å². The maximum atomic E-state index is 13.2. The summed E-state index contributed by atoms with van der Waals surface area (Å²) in [7, 11) is 0. The van der Waals surface area contributed by atoms with Gasteiger partial charge < -0.3 is 0 Å². The number of hydrogen-bond donors (Lipinski definition) is 0. The van der Waals surface area contributed by atoms with Crippen molar-refractivity contribution in [1.29, 1.82) is 5.26 Å². The average molecular weight is 213 g/mol. The van der Waals surface area contributed by atoms with E-state index in [2.05, 4.69) is 0 Å². The fourth-order valence-corrected chi connectivity index (χ4v) is 1.45. The molecule has 4 heteroatoms. The summed E-state index contributed by atoms with van der Waals surface area (Å²) in [4.78, 5) is 0. The molecule has 0 spiro atoms. The van der Waals surface area contributed by atoms with E-state index in [-0.39, 0.29) is 12.0 Å². The van der Waals surface area contributed by atoms with Gasteiger partial charge in [-0.25, -0.2) is 13.2 Å². The molecule has 1 nitrogen and oxygen atoms in total. The Morgan fingerprint density at radius 2 is 1.80 bits per heavy atom. The Morgan fingerprint density at radius 1 is 1.27 bits per heavy atom. The van der Waals surface area contributed by atoms with Crippen LogP contribution in [0.1, 0.15) is 31.2 Å². The molecule has 1 aromatic rings. The third kappa shape index (κ3) is 2.72. The molecule has 1 atom stereocenters. The molecule has 0 aliphatic heterocycles. The zero-order valence-corrected chi connectivity index (χ0v) is 8.23. The van der Waals surface area contributed by atoms with Crippen molar-refractivity contribution in [3.05, 3.63) is 35.1 Å². The van der Waals surface area contributed by atoms with Crippen LogP contribution < -0.4 is 0 Å². The van der Waals surface area contributed by atoms with E-state index < -0.39 is 23.4 Å². The van der Waals surface area contributed by atoms with Gasteiger partial charge in [0.25, 0.3) is 0 Å². The van der Waals surface area contributed by atoms with E-state index in [0.717, 1.165) is 0 Å². The Morgan fingerprint density at radius 3 is 2.27 bits per heavy atom. The Hall–Kier alpha value is -1.50. The highest BCUT2D eigenvalue weighted by molar-refractivity contribution is 5.24. The quantitative estimate of drug-likeness (QED) is 0.753. The van der Waals surface area contributed by atoms with Gasteiger partial charge in [0.1, 0.15) is 17.5 Å². The Labute approximate surface area is 86.1 Å². The summed E-state index contributed by atoms with van der Waals surface area (Å²) in [6.07, 6.45) is 0.577. The lowest BCUT2D eigenvalue weighted by Gasteiger charge is -2.12. The van der Waals surface area contributed by atoms with Gasteiger partial charge in [-0.3, -0.25) is 0 Å². The number of halogens is 3. The van der Waals surface area contributed by atoms with E-state index in [1.165, 1.54) is 0 Å². The second-order valence-electron chi connectivity index (χ2n) is 3.38. The molecular weight excluding hydrogens is 203 g/mol. The first-order valence-electron chi connectivity index (χ1n) is 4.57. The monoisotopic (exact) mass is 213 g/mol. The normalized spacial score (nSPS) is 12.2. The second kappa shape index (κ2) is 4.83. The topological polar surface area (TPSA) is 23.8 Å². The molecule has 0 aromatic heterocycles. The highest BCUT2D eigenvalue weighted by Gasteiger charge is 2.17. The van der Waals surface area contributed by atoms with Gasteiger partial charge in [0.2, 0.25) is 0 Å². The van der Waals surface area contributed by atoms with E-state index in [1.807, 2.05) is 6.07 Å². The first kappa shape index (κ1) is 11.6. The van der Waals surface area contributed by atoms with Crippen LogP contribution in [0.5, 0.6) is 0 Å². The fraction of sp³-hybridized carbons (Fsp3) is 0.364. The highest BCUT2D eigenvalue weighted by atomic mass is 19.1. The van der Waals surface area contributed by atoms with E-state index in [0.29, 0.717) is 18.6 Å². The van der Waals surface area contributed by atoms with Crippen molar-refractivity contribution in [3.63, 3.8) is 0 Å². The van der Waals surface area contributed by atoms with Gasteiger partial charge in [-0.2, -0.15) is 5.26 Å². The molecule has 0 radical (unpaired) electrons. The lowest BCUT2D eigenvalue weighted by molar-refractivity contribution is 0.500. The zero-order chi connectivity index (χ0) is 11.4. The van der Waals surface area contributed by atoms with Gasteiger partial charge in [0.15, 0.2) is 0 Å². The minimum atomic E-state index is -0.929. The van der Waals surface area contributed by atoms with Crippen LogP contribution in [0.2, 0.25) is 0 Å². The van der Waals surface area contributed by atoms with E-state index in [4.69, 9.17) is 5.26 Å². The van der Waals surface area contributed by atoms with Crippen LogP contribution in [0.4, 0.5) is 13.2 Å². The van der Waals surface area contributed by atoms with E-state index >= 15 is 0 Å². The summed E-state index contributed by atoms with van der Waals surface area (Å²) in [5.41, 5.74) is -0.147. The Bertz CT molecular complexity index is 372. The molecule has 80 valence electrons. The van der Waals surface area contributed by atoms with Crippen molar-refractivity contribution in [3.8, 4) is 6.07 Å². The lowest BCUT2D eigenvalue weighted by Crippen LogP contribution is -2.02. The molecular formula is C11H10F3N. The average Bonchev–Trinajstić information content (AvgIpc) is 2.12. The van der Waals surface area contributed by atoms with Gasteiger partial charge in [-0.05, 0) is 12.3 Å². The Kier molecular flexibility index (Phi) is 3.73. The smallest absolute Gasteiger partial charge is 0.132 e. The van der Waals surface area contributed by atoms with Crippen molar-refractivity contribution < 1.29 is 13.2 Å². The van der Waals surface area contributed by atoms with Crippen LogP contribution in [0.3, 0.4) is 0 Å². The highest BCUT2D eigenvalue weighted by Crippen LogP contribution is 2.26. The first-order chi connectivity index (χ1) is 7.06. The Balaban J connectivity index is 2.99. The molecule has 0 aliphatic carbocycles. The van der Waals surface area contributed by atoms with Crippen molar-refractivity contribution >= 4 is 0 Å². The summed E-state index contributed by atoms with van der Waals surface area (Å²) < 4.78 is 39.0. The molecule has 0 N–H and O–H groups in total. The minimum Gasteiger partial charge on any atom is -0.207 e.